The van der Waals surface area contributed by atoms with Gasteiger partial charge < -0.3 is 4.42 Å². The molecule has 5 nitrogen and oxygen atoms in total. The van der Waals surface area contributed by atoms with Crippen LogP contribution in [0.3, 0.4) is 0 Å². The molecule has 0 radical (unpaired) electrons. The highest BCUT2D eigenvalue weighted by Crippen LogP contribution is 2.35. The van der Waals surface area contributed by atoms with Gasteiger partial charge in [-0.2, -0.15) is 0 Å². The normalized spacial score (nSPS) is 17.1. The Bertz CT molecular complexity index is 1060. The zero-order chi connectivity index (χ0) is 19.5. The molecule has 6 heteroatoms. The van der Waals surface area contributed by atoms with E-state index in [9.17, 15) is 4.79 Å². The van der Waals surface area contributed by atoms with E-state index in [4.69, 9.17) is 9.41 Å². The Kier molecular flexibility index (Phi) is 5.12. The molecule has 140 valence electrons. The van der Waals surface area contributed by atoms with Gasteiger partial charge in [0.15, 0.2) is 5.17 Å². The van der Waals surface area contributed by atoms with E-state index in [0.29, 0.717) is 16.6 Å². The van der Waals surface area contributed by atoms with E-state index in [2.05, 4.69) is 4.98 Å². The van der Waals surface area contributed by atoms with E-state index in [1.165, 1.54) is 11.8 Å². The van der Waals surface area contributed by atoms with E-state index in [1.807, 2.05) is 68.5 Å². The fourth-order valence-corrected chi connectivity index (χ4v) is 3.94. The van der Waals surface area contributed by atoms with Crippen LogP contribution in [0.2, 0.25) is 0 Å². The maximum absolute atomic E-state index is 13.1. The number of carbonyl (C=O) groups excluding carboxylic acids is 1. The van der Waals surface area contributed by atoms with Gasteiger partial charge in [0.05, 0.1) is 17.1 Å². The SMILES string of the molecule is Cc1cc(/C=C2\SC(=Nc3ccccc3)N(Cc3cccnc3)C2=O)c(C)o1. The summed E-state index contributed by atoms with van der Waals surface area (Å²) in [4.78, 5) is 24.3. The number of para-hydroxylation sites is 1. The number of aliphatic imine (C=N–C) groups is 1. The zero-order valence-electron chi connectivity index (χ0n) is 15.6. The third-order valence-electron chi connectivity index (χ3n) is 4.30. The molecule has 1 aliphatic rings. The summed E-state index contributed by atoms with van der Waals surface area (Å²) in [5.41, 5.74) is 2.68. The highest BCUT2D eigenvalue weighted by atomic mass is 32.2. The lowest BCUT2D eigenvalue weighted by atomic mass is 10.2. The fourth-order valence-electron chi connectivity index (χ4n) is 2.95. The molecule has 0 unspecified atom stereocenters. The Hall–Kier alpha value is -3.12. The van der Waals surface area contributed by atoms with Crippen LogP contribution in [0.5, 0.6) is 0 Å². The third-order valence-corrected chi connectivity index (χ3v) is 5.31. The van der Waals surface area contributed by atoms with Crippen LogP contribution in [0.1, 0.15) is 22.6 Å². The molecule has 3 aromatic rings. The first-order chi connectivity index (χ1) is 13.6. The van der Waals surface area contributed by atoms with Crippen molar-refractivity contribution in [1.29, 1.82) is 0 Å². The van der Waals surface area contributed by atoms with Crippen LogP contribution in [-0.2, 0) is 11.3 Å². The Morgan fingerprint density at radius 1 is 1.18 bits per heavy atom. The van der Waals surface area contributed by atoms with Gasteiger partial charge in [0.2, 0.25) is 0 Å². The van der Waals surface area contributed by atoms with Gasteiger partial charge in [-0.15, -0.1) is 0 Å². The number of amides is 1. The Labute approximate surface area is 167 Å². The molecular formula is C22H19N3O2S. The van der Waals surface area contributed by atoms with Gasteiger partial charge in [0.25, 0.3) is 5.91 Å². The second-order valence-corrected chi connectivity index (χ2v) is 7.47. The predicted octanol–water partition coefficient (Wildman–Crippen LogP) is 5.10. The van der Waals surface area contributed by atoms with E-state index in [-0.39, 0.29) is 5.91 Å². The molecule has 1 aromatic carbocycles. The van der Waals surface area contributed by atoms with E-state index in [1.54, 1.807) is 17.3 Å². The number of pyridine rings is 1. The number of aryl methyl sites for hydroxylation is 2. The number of carbonyl (C=O) groups is 1. The first-order valence-electron chi connectivity index (χ1n) is 8.91. The lowest BCUT2D eigenvalue weighted by molar-refractivity contribution is -0.122. The van der Waals surface area contributed by atoms with Gasteiger partial charge in [-0.05, 0) is 61.5 Å². The smallest absolute Gasteiger partial charge is 0.267 e. The van der Waals surface area contributed by atoms with Crippen molar-refractivity contribution in [3.8, 4) is 0 Å². The number of amidine groups is 1. The van der Waals surface area contributed by atoms with Gasteiger partial charge in [0.1, 0.15) is 11.5 Å². The van der Waals surface area contributed by atoms with E-state index >= 15 is 0 Å². The van der Waals surface area contributed by atoms with Gasteiger partial charge in [-0.1, -0.05) is 24.3 Å². The number of hydrogen-bond donors (Lipinski definition) is 0. The number of aromatic nitrogens is 1. The van der Waals surface area contributed by atoms with Crippen molar-refractivity contribution in [3.05, 3.63) is 88.5 Å². The lowest BCUT2D eigenvalue weighted by Crippen LogP contribution is -2.28. The van der Waals surface area contributed by atoms with Crippen molar-refractivity contribution in [1.82, 2.24) is 9.88 Å². The standard InChI is InChI=1S/C22H19N3O2S/c1-15-11-18(16(2)27-15)12-20-21(26)25(14-17-7-6-10-23-13-17)22(28-20)24-19-8-4-3-5-9-19/h3-13H,14H2,1-2H3/b20-12-,24-22?. The van der Waals surface area contributed by atoms with Crippen LogP contribution in [-0.4, -0.2) is 21.0 Å². The predicted molar refractivity (Wildman–Crippen MR) is 112 cm³/mol. The molecule has 2 aromatic heterocycles. The molecule has 0 atom stereocenters. The molecular weight excluding hydrogens is 370 g/mol. The summed E-state index contributed by atoms with van der Waals surface area (Å²) in [5.74, 6) is 1.55. The minimum atomic E-state index is -0.0678. The van der Waals surface area contributed by atoms with Crippen LogP contribution in [0.25, 0.3) is 6.08 Å². The molecule has 1 saturated heterocycles. The van der Waals surface area contributed by atoms with Crippen molar-refractivity contribution in [2.75, 3.05) is 0 Å². The van der Waals surface area contributed by atoms with Crippen molar-refractivity contribution in [3.63, 3.8) is 0 Å². The minimum absolute atomic E-state index is 0.0678. The topological polar surface area (TPSA) is 58.7 Å². The van der Waals surface area contributed by atoms with Crippen LogP contribution in [0.15, 0.2) is 75.2 Å². The molecule has 1 fully saturated rings. The molecule has 0 aliphatic carbocycles. The second-order valence-electron chi connectivity index (χ2n) is 6.46. The summed E-state index contributed by atoms with van der Waals surface area (Å²) >= 11 is 1.38. The van der Waals surface area contributed by atoms with Crippen molar-refractivity contribution < 1.29 is 9.21 Å². The van der Waals surface area contributed by atoms with Crippen molar-refractivity contribution in [2.24, 2.45) is 4.99 Å². The number of benzene rings is 1. The zero-order valence-corrected chi connectivity index (χ0v) is 16.4. The first-order valence-corrected chi connectivity index (χ1v) is 9.73. The average molecular weight is 389 g/mol. The van der Waals surface area contributed by atoms with Gasteiger partial charge >= 0.3 is 0 Å². The third kappa shape index (κ3) is 3.92. The summed E-state index contributed by atoms with van der Waals surface area (Å²) in [5, 5.41) is 0.657. The summed E-state index contributed by atoms with van der Waals surface area (Å²) in [6, 6.07) is 15.4. The van der Waals surface area contributed by atoms with E-state index < -0.39 is 0 Å². The summed E-state index contributed by atoms with van der Waals surface area (Å²) in [7, 11) is 0. The first kappa shape index (κ1) is 18.3. The van der Waals surface area contributed by atoms with E-state index in [0.717, 1.165) is 28.3 Å². The largest absolute Gasteiger partial charge is 0.466 e. The van der Waals surface area contributed by atoms with Crippen LogP contribution < -0.4 is 0 Å². The van der Waals surface area contributed by atoms with Crippen LogP contribution >= 0.6 is 11.8 Å². The molecule has 0 spiro atoms. The average Bonchev–Trinajstić information content (AvgIpc) is 3.16. The Morgan fingerprint density at radius 3 is 2.68 bits per heavy atom. The molecule has 28 heavy (non-hydrogen) atoms. The van der Waals surface area contributed by atoms with Gasteiger partial charge in [-0.25, -0.2) is 4.99 Å². The number of furan rings is 1. The van der Waals surface area contributed by atoms with Crippen molar-refractivity contribution >= 4 is 34.6 Å². The second kappa shape index (κ2) is 7.86. The summed E-state index contributed by atoms with van der Waals surface area (Å²) in [6.45, 7) is 4.22. The van der Waals surface area contributed by atoms with Crippen LogP contribution in [0, 0.1) is 13.8 Å². The quantitative estimate of drug-likeness (QED) is 0.583. The highest BCUT2D eigenvalue weighted by molar-refractivity contribution is 8.18. The Morgan fingerprint density at radius 2 is 2.00 bits per heavy atom. The molecule has 1 aliphatic heterocycles. The van der Waals surface area contributed by atoms with Crippen molar-refractivity contribution in [2.45, 2.75) is 20.4 Å². The fraction of sp³-hybridized carbons (Fsp3) is 0.136. The molecule has 0 saturated carbocycles. The number of thioether (sulfide) groups is 1. The Balaban J connectivity index is 1.71. The minimum Gasteiger partial charge on any atom is -0.466 e. The highest BCUT2D eigenvalue weighted by Gasteiger charge is 2.33. The van der Waals surface area contributed by atoms with Crippen LogP contribution in [0.4, 0.5) is 5.69 Å². The number of rotatable bonds is 4. The van der Waals surface area contributed by atoms with Gasteiger partial charge in [0, 0.05) is 18.0 Å². The maximum atomic E-state index is 13.1. The molecule has 0 bridgehead atoms. The summed E-state index contributed by atoms with van der Waals surface area (Å²) in [6.07, 6.45) is 5.37. The molecule has 3 heterocycles. The molecule has 1 amide bonds. The molecule has 4 rings (SSSR count). The lowest BCUT2D eigenvalue weighted by Gasteiger charge is -2.15. The number of nitrogens with zero attached hydrogens (tertiary/aromatic N) is 3. The van der Waals surface area contributed by atoms with Gasteiger partial charge in [-0.3, -0.25) is 14.7 Å². The number of hydrogen-bond acceptors (Lipinski definition) is 5. The molecule has 0 N–H and O–H groups in total. The summed E-state index contributed by atoms with van der Waals surface area (Å²) < 4.78 is 5.59. The monoisotopic (exact) mass is 389 g/mol. The maximum Gasteiger partial charge on any atom is 0.267 e.